The van der Waals surface area contributed by atoms with Gasteiger partial charge in [0.15, 0.2) is 5.96 Å². The van der Waals surface area contributed by atoms with Crippen molar-refractivity contribution in [1.29, 1.82) is 0 Å². The summed E-state index contributed by atoms with van der Waals surface area (Å²) in [5.41, 5.74) is 7.78. The molecule has 0 spiro atoms. The molecule has 1 heterocycles. The smallest absolute Gasteiger partial charge is 0.231 e. The monoisotopic (exact) mass is 274 g/mol. The molecule has 5 heteroatoms. The van der Waals surface area contributed by atoms with Gasteiger partial charge in [-0.05, 0) is 32.4 Å². The summed E-state index contributed by atoms with van der Waals surface area (Å²) in [6.07, 6.45) is 0.482. The average molecular weight is 274 g/mol. The maximum Gasteiger partial charge on any atom is 0.231 e. The number of guanidine groups is 1. The van der Waals surface area contributed by atoms with Gasteiger partial charge < -0.3 is 16.0 Å². The number of carbonyl (C=O) groups is 1. The Balaban J connectivity index is 1.95. The Labute approximate surface area is 119 Å². The van der Waals surface area contributed by atoms with E-state index >= 15 is 0 Å². The number of anilines is 1. The lowest BCUT2D eigenvalue weighted by atomic mass is 10.1. The minimum Gasteiger partial charge on any atom is -0.370 e. The van der Waals surface area contributed by atoms with E-state index in [1.807, 2.05) is 45.0 Å². The number of hydrogen-bond acceptors (Lipinski definition) is 2. The molecule has 5 nitrogen and oxygen atoms in total. The number of nitrogens with one attached hydrogen (secondary N) is 1. The number of fused-ring (bicyclic) bond motifs is 1. The average Bonchev–Trinajstić information content (AvgIpc) is 2.64. The number of hydrogen-bond donors (Lipinski definition) is 2. The number of rotatable bonds is 3. The van der Waals surface area contributed by atoms with Crippen LogP contribution in [0.4, 0.5) is 5.69 Å². The van der Waals surface area contributed by atoms with E-state index in [1.165, 1.54) is 0 Å². The third-order valence-corrected chi connectivity index (χ3v) is 3.03. The summed E-state index contributed by atoms with van der Waals surface area (Å²) in [4.78, 5) is 18.0. The largest absolute Gasteiger partial charge is 0.370 e. The molecule has 0 unspecified atom stereocenters. The second kappa shape index (κ2) is 5.53. The molecule has 20 heavy (non-hydrogen) atoms. The van der Waals surface area contributed by atoms with Gasteiger partial charge in [-0.15, -0.1) is 0 Å². The second-order valence-corrected chi connectivity index (χ2v) is 5.99. The molecule has 1 aliphatic heterocycles. The minimum absolute atomic E-state index is 0.107. The Morgan fingerprint density at radius 1 is 1.40 bits per heavy atom. The van der Waals surface area contributed by atoms with Crippen LogP contribution in [0.25, 0.3) is 0 Å². The highest BCUT2D eigenvalue weighted by molar-refractivity contribution is 6.01. The summed E-state index contributed by atoms with van der Waals surface area (Å²) in [6, 6.07) is 7.87. The normalized spacial score (nSPS) is 15.4. The van der Waals surface area contributed by atoms with Crippen LogP contribution in [0.5, 0.6) is 0 Å². The molecule has 1 aromatic carbocycles. The van der Waals surface area contributed by atoms with Gasteiger partial charge in [0.25, 0.3) is 0 Å². The van der Waals surface area contributed by atoms with Crippen molar-refractivity contribution in [3.05, 3.63) is 29.8 Å². The van der Waals surface area contributed by atoms with Gasteiger partial charge in [-0.25, -0.2) is 0 Å². The van der Waals surface area contributed by atoms with Crippen LogP contribution in [0.3, 0.4) is 0 Å². The SMILES string of the molecule is CC(C)(C)NC(N)=NCCN1C(=O)Cc2ccccc21. The van der Waals surface area contributed by atoms with Gasteiger partial charge >= 0.3 is 0 Å². The van der Waals surface area contributed by atoms with E-state index in [2.05, 4.69) is 10.3 Å². The first-order valence-corrected chi connectivity index (χ1v) is 6.83. The van der Waals surface area contributed by atoms with E-state index in [1.54, 1.807) is 4.90 Å². The van der Waals surface area contributed by atoms with Gasteiger partial charge in [0, 0.05) is 17.8 Å². The predicted octanol–water partition coefficient (Wildman–Crippen LogP) is 1.28. The Morgan fingerprint density at radius 2 is 2.10 bits per heavy atom. The van der Waals surface area contributed by atoms with Crippen LogP contribution in [0.2, 0.25) is 0 Å². The van der Waals surface area contributed by atoms with Crippen molar-refractivity contribution < 1.29 is 4.79 Å². The van der Waals surface area contributed by atoms with Crippen molar-refractivity contribution in [2.45, 2.75) is 32.7 Å². The standard InChI is InChI=1S/C15H22N4O/c1-15(2,3)18-14(16)17-8-9-19-12-7-5-4-6-11(12)10-13(19)20/h4-7H,8-10H2,1-3H3,(H3,16,17,18). The summed E-state index contributed by atoms with van der Waals surface area (Å²) < 4.78 is 0. The molecule has 0 radical (unpaired) electrons. The number of benzene rings is 1. The van der Waals surface area contributed by atoms with Crippen molar-refractivity contribution in [3.8, 4) is 0 Å². The summed E-state index contributed by atoms with van der Waals surface area (Å²) >= 11 is 0. The van der Waals surface area contributed by atoms with Crippen molar-refractivity contribution in [1.82, 2.24) is 5.32 Å². The lowest BCUT2D eigenvalue weighted by Crippen LogP contribution is -2.45. The number of amides is 1. The van der Waals surface area contributed by atoms with Crippen molar-refractivity contribution in [3.63, 3.8) is 0 Å². The van der Waals surface area contributed by atoms with E-state index in [0.29, 0.717) is 25.5 Å². The van der Waals surface area contributed by atoms with Crippen LogP contribution in [0.15, 0.2) is 29.3 Å². The molecule has 0 saturated heterocycles. The molecule has 0 atom stereocenters. The minimum atomic E-state index is -0.107. The number of carbonyl (C=O) groups excluding carboxylic acids is 1. The zero-order valence-corrected chi connectivity index (χ0v) is 12.3. The predicted molar refractivity (Wildman–Crippen MR) is 81.9 cm³/mol. The van der Waals surface area contributed by atoms with Crippen LogP contribution in [0.1, 0.15) is 26.3 Å². The van der Waals surface area contributed by atoms with Crippen molar-refractivity contribution in [2.24, 2.45) is 10.7 Å². The van der Waals surface area contributed by atoms with Gasteiger partial charge in [-0.1, -0.05) is 18.2 Å². The molecule has 1 amide bonds. The highest BCUT2D eigenvalue weighted by Gasteiger charge is 2.25. The van der Waals surface area contributed by atoms with Crippen LogP contribution < -0.4 is 16.0 Å². The molecule has 108 valence electrons. The maximum absolute atomic E-state index is 12.0. The molecule has 0 aromatic heterocycles. The Kier molecular flexibility index (Phi) is 3.97. The van der Waals surface area contributed by atoms with Crippen molar-refractivity contribution >= 4 is 17.6 Å². The molecular formula is C15H22N4O. The third-order valence-electron chi connectivity index (χ3n) is 3.03. The number of aliphatic imine (C=N–C) groups is 1. The number of para-hydroxylation sites is 1. The number of nitrogens with zero attached hydrogens (tertiary/aromatic N) is 2. The first kappa shape index (κ1) is 14.4. The fraction of sp³-hybridized carbons (Fsp3) is 0.467. The Hall–Kier alpha value is -2.04. The molecule has 0 saturated carbocycles. The fourth-order valence-corrected chi connectivity index (χ4v) is 2.26. The first-order valence-electron chi connectivity index (χ1n) is 6.83. The zero-order valence-electron chi connectivity index (χ0n) is 12.3. The van der Waals surface area contributed by atoms with E-state index < -0.39 is 0 Å². The van der Waals surface area contributed by atoms with Crippen LogP contribution in [0, 0.1) is 0 Å². The summed E-state index contributed by atoms with van der Waals surface area (Å²) in [7, 11) is 0. The highest BCUT2D eigenvalue weighted by Crippen LogP contribution is 2.27. The first-order chi connectivity index (χ1) is 9.37. The zero-order chi connectivity index (χ0) is 14.8. The lowest BCUT2D eigenvalue weighted by Gasteiger charge is -2.21. The molecule has 1 aliphatic rings. The number of nitrogens with two attached hydrogens (primary N) is 1. The van der Waals surface area contributed by atoms with Gasteiger partial charge in [-0.3, -0.25) is 9.79 Å². The van der Waals surface area contributed by atoms with Gasteiger partial charge in [0.1, 0.15) is 0 Å². The third kappa shape index (κ3) is 3.50. The van der Waals surface area contributed by atoms with Gasteiger partial charge in [0.2, 0.25) is 5.91 Å². The Bertz CT molecular complexity index is 531. The molecule has 1 aromatic rings. The van der Waals surface area contributed by atoms with Gasteiger partial charge in [-0.2, -0.15) is 0 Å². The van der Waals surface area contributed by atoms with Gasteiger partial charge in [0.05, 0.1) is 13.0 Å². The van der Waals surface area contributed by atoms with E-state index in [9.17, 15) is 4.79 Å². The van der Waals surface area contributed by atoms with E-state index in [0.717, 1.165) is 11.3 Å². The summed E-state index contributed by atoms with van der Waals surface area (Å²) in [5, 5.41) is 3.10. The molecular weight excluding hydrogens is 252 g/mol. The summed E-state index contributed by atoms with van der Waals surface area (Å²) in [5.74, 6) is 0.543. The van der Waals surface area contributed by atoms with Crippen LogP contribution in [-0.4, -0.2) is 30.5 Å². The Morgan fingerprint density at radius 3 is 2.80 bits per heavy atom. The molecule has 2 rings (SSSR count). The van der Waals surface area contributed by atoms with Crippen LogP contribution in [-0.2, 0) is 11.2 Å². The van der Waals surface area contributed by atoms with E-state index in [-0.39, 0.29) is 11.4 Å². The topological polar surface area (TPSA) is 70.7 Å². The quantitative estimate of drug-likeness (QED) is 0.644. The molecule has 0 aliphatic carbocycles. The van der Waals surface area contributed by atoms with E-state index in [4.69, 9.17) is 5.73 Å². The molecule has 0 fully saturated rings. The fourth-order valence-electron chi connectivity index (χ4n) is 2.26. The maximum atomic E-state index is 12.0. The molecule has 3 N–H and O–H groups in total. The van der Waals surface area contributed by atoms with Crippen molar-refractivity contribution in [2.75, 3.05) is 18.0 Å². The lowest BCUT2D eigenvalue weighted by molar-refractivity contribution is -0.117. The second-order valence-electron chi connectivity index (χ2n) is 5.99. The molecule has 0 bridgehead atoms. The van der Waals surface area contributed by atoms with Crippen LogP contribution >= 0.6 is 0 Å². The highest BCUT2D eigenvalue weighted by atomic mass is 16.2. The summed E-state index contributed by atoms with van der Waals surface area (Å²) in [6.45, 7) is 7.12.